The van der Waals surface area contributed by atoms with E-state index < -0.39 is 0 Å². The Morgan fingerprint density at radius 3 is 1.82 bits per heavy atom. The molecule has 2 heteroatoms. The van der Waals surface area contributed by atoms with Crippen LogP contribution < -0.4 is 0 Å². The lowest BCUT2D eigenvalue weighted by molar-refractivity contribution is 0.240. The molecule has 0 bridgehead atoms. The standard InChI is InChI=1S/C7H15N.2CH3.Al/c1-2-8-6-4-3-5-7-8;;;/h2-7H2,1H3;2*1H3;. The molecule has 65 valence electrons. The highest BCUT2D eigenvalue weighted by atomic mass is 27.1. The van der Waals surface area contributed by atoms with Crippen molar-refractivity contribution >= 4 is 15.2 Å². The fraction of sp³-hybridized carbons (Fsp3) is 1.00. The van der Waals surface area contributed by atoms with Crippen LogP contribution in [0.15, 0.2) is 0 Å². The number of piperidine rings is 1. The highest BCUT2D eigenvalue weighted by molar-refractivity contribution is 6.31. The van der Waals surface area contributed by atoms with Gasteiger partial charge in [0, 0.05) is 0 Å². The molecule has 11 heavy (non-hydrogen) atoms. The first kappa shape index (κ1) is 11.5. The van der Waals surface area contributed by atoms with Gasteiger partial charge in [0.2, 0.25) is 0 Å². The van der Waals surface area contributed by atoms with Crippen LogP contribution in [0.5, 0.6) is 0 Å². The van der Waals surface area contributed by atoms with Gasteiger partial charge in [-0.25, -0.2) is 0 Å². The molecule has 0 saturated carbocycles. The smallest absolute Gasteiger partial charge is 0.191 e. The molecule has 0 aliphatic carbocycles. The van der Waals surface area contributed by atoms with E-state index in [9.17, 15) is 0 Å². The number of hydrogen-bond acceptors (Lipinski definition) is 1. The highest BCUT2D eigenvalue weighted by Gasteiger charge is 2.05. The fourth-order valence-corrected chi connectivity index (χ4v) is 1.28. The van der Waals surface area contributed by atoms with E-state index in [0.717, 1.165) is 15.2 Å². The molecular weight excluding hydrogens is 149 g/mol. The van der Waals surface area contributed by atoms with Crippen LogP contribution in [0.2, 0.25) is 11.6 Å². The number of rotatable bonds is 1. The van der Waals surface area contributed by atoms with E-state index in [1.807, 2.05) is 0 Å². The van der Waals surface area contributed by atoms with Crippen molar-refractivity contribution in [3.63, 3.8) is 0 Å². The maximum absolute atomic E-state index is 2.52. The average Bonchev–Trinajstić information content (AvgIpc) is 2.08. The lowest BCUT2D eigenvalue weighted by atomic mass is 10.1. The first-order valence-corrected chi connectivity index (χ1v) is 7.12. The summed E-state index contributed by atoms with van der Waals surface area (Å²) in [5.74, 6) is 4.42. The fourth-order valence-electron chi connectivity index (χ4n) is 1.28. The Morgan fingerprint density at radius 2 is 1.55 bits per heavy atom. The van der Waals surface area contributed by atoms with Crippen molar-refractivity contribution in [3.8, 4) is 0 Å². The van der Waals surface area contributed by atoms with Crippen molar-refractivity contribution in [2.24, 2.45) is 0 Å². The van der Waals surface area contributed by atoms with E-state index >= 15 is 0 Å². The van der Waals surface area contributed by atoms with Gasteiger partial charge < -0.3 is 4.90 Å². The third kappa shape index (κ3) is 6.87. The molecule has 0 atom stereocenters. The van der Waals surface area contributed by atoms with Gasteiger partial charge in [-0.1, -0.05) is 13.3 Å². The zero-order chi connectivity index (χ0) is 8.53. The molecule has 0 aromatic carbocycles. The summed E-state index contributed by atoms with van der Waals surface area (Å²) >= 11 is 0.750. The maximum Gasteiger partial charge on any atom is 0.191 e. The summed E-state index contributed by atoms with van der Waals surface area (Å²) in [4.78, 5) is 2.52. The number of likely N-dealkylation sites (tertiary alicyclic amines) is 1. The van der Waals surface area contributed by atoms with Crippen molar-refractivity contribution in [3.05, 3.63) is 0 Å². The topological polar surface area (TPSA) is 3.24 Å². The van der Waals surface area contributed by atoms with Crippen LogP contribution in [0.3, 0.4) is 0 Å². The second kappa shape index (κ2) is 8.59. The van der Waals surface area contributed by atoms with Crippen molar-refractivity contribution in [2.45, 2.75) is 37.8 Å². The molecule has 0 amide bonds. The van der Waals surface area contributed by atoms with E-state index in [2.05, 4.69) is 23.4 Å². The van der Waals surface area contributed by atoms with Gasteiger partial charge in [-0.05, 0) is 32.5 Å². The molecule has 0 aromatic rings. The summed E-state index contributed by atoms with van der Waals surface area (Å²) in [5.41, 5.74) is 0. The summed E-state index contributed by atoms with van der Waals surface area (Å²) in [6.07, 6.45) is 4.30. The minimum Gasteiger partial charge on any atom is -0.304 e. The van der Waals surface area contributed by atoms with Crippen LogP contribution in [0.1, 0.15) is 26.2 Å². The highest BCUT2D eigenvalue weighted by Crippen LogP contribution is 2.06. The third-order valence-electron chi connectivity index (χ3n) is 1.90. The molecule has 0 unspecified atom stereocenters. The Bertz CT molecular complexity index is 70.0. The van der Waals surface area contributed by atoms with Crippen LogP contribution in [-0.4, -0.2) is 39.8 Å². The van der Waals surface area contributed by atoms with E-state index in [4.69, 9.17) is 0 Å². The van der Waals surface area contributed by atoms with Crippen LogP contribution >= 0.6 is 0 Å². The molecule has 1 nitrogen and oxygen atoms in total. The molecule has 1 aliphatic heterocycles. The normalized spacial score (nSPS) is 18.5. The predicted molar refractivity (Wildman–Crippen MR) is 53.4 cm³/mol. The van der Waals surface area contributed by atoms with E-state index in [1.165, 1.54) is 38.9 Å². The first-order valence-electron chi connectivity index (χ1n) is 4.81. The zero-order valence-corrected chi connectivity index (χ0v) is 9.42. The summed E-state index contributed by atoms with van der Waals surface area (Å²) in [6.45, 7) is 6.18. The molecular formula is C9H21AlN. The Hall–Kier alpha value is 0.492. The van der Waals surface area contributed by atoms with Gasteiger partial charge in [-0.15, -0.1) is 11.6 Å². The van der Waals surface area contributed by atoms with E-state index in [-0.39, 0.29) is 0 Å². The quantitative estimate of drug-likeness (QED) is 0.546. The lowest BCUT2D eigenvalue weighted by Gasteiger charge is -2.24. The molecule has 1 heterocycles. The minimum absolute atomic E-state index is 0.750. The minimum atomic E-state index is 0.750. The van der Waals surface area contributed by atoms with Gasteiger partial charge in [0.15, 0.2) is 15.2 Å². The van der Waals surface area contributed by atoms with Crippen molar-refractivity contribution < 1.29 is 0 Å². The molecule has 1 rings (SSSR count). The van der Waals surface area contributed by atoms with Crippen molar-refractivity contribution in [2.75, 3.05) is 19.6 Å². The van der Waals surface area contributed by atoms with Crippen LogP contribution in [0, 0.1) is 0 Å². The van der Waals surface area contributed by atoms with Gasteiger partial charge in [0.1, 0.15) is 0 Å². The lowest BCUT2D eigenvalue weighted by Crippen LogP contribution is -2.29. The second-order valence-electron chi connectivity index (χ2n) is 3.07. The predicted octanol–water partition coefficient (Wildman–Crippen LogP) is 2.28. The van der Waals surface area contributed by atoms with Gasteiger partial charge in [0.25, 0.3) is 0 Å². The second-order valence-corrected chi connectivity index (χ2v) is 4.23. The Labute approximate surface area is 77.9 Å². The zero-order valence-electron chi connectivity index (χ0n) is 8.27. The third-order valence-corrected chi connectivity index (χ3v) is 1.90. The van der Waals surface area contributed by atoms with Gasteiger partial charge >= 0.3 is 0 Å². The van der Waals surface area contributed by atoms with Crippen molar-refractivity contribution in [1.29, 1.82) is 0 Å². The number of hydrogen-bond donors (Lipinski definition) is 0. The van der Waals surface area contributed by atoms with Crippen LogP contribution in [0.25, 0.3) is 0 Å². The summed E-state index contributed by atoms with van der Waals surface area (Å²) < 4.78 is 0. The monoisotopic (exact) mass is 170 g/mol. The molecule has 1 saturated heterocycles. The molecule has 0 N–H and O–H groups in total. The molecule has 0 aromatic heterocycles. The summed E-state index contributed by atoms with van der Waals surface area (Å²) in [7, 11) is 0. The first-order chi connectivity index (χ1) is 5.35. The largest absolute Gasteiger partial charge is 0.304 e. The maximum atomic E-state index is 2.52. The molecule has 0 spiro atoms. The summed E-state index contributed by atoms with van der Waals surface area (Å²) in [5, 5.41) is 0. The Balaban J connectivity index is 0.000000292. The summed E-state index contributed by atoms with van der Waals surface area (Å²) in [6, 6.07) is 0. The molecule has 1 radical (unpaired) electrons. The Kier molecular flexibility index (Phi) is 8.97. The van der Waals surface area contributed by atoms with Gasteiger partial charge in [-0.2, -0.15) is 0 Å². The number of nitrogens with zero attached hydrogens (tertiary/aromatic N) is 1. The molecule has 1 aliphatic rings. The van der Waals surface area contributed by atoms with Gasteiger partial charge in [-0.3, -0.25) is 0 Å². The van der Waals surface area contributed by atoms with Gasteiger partial charge in [0.05, 0.1) is 0 Å². The van der Waals surface area contributed by atoms with E-state index in [0.29, 0.717) is 0 Å². The average molecular weight is 170 g/mol. The van der Waals surface area contributed by atoms with E-state index in [1.54, 1.807) is 0 Å². The van der Waals surface area contributed by atoms with Crippen LogP contribution in [0.4, 0.5) is 0 Å². The SMILES string of the molecule is CCN1CCCCC1.[CH3][Al][CH3]. The van der Waals surface area contributed by atoms with Crippen LogP contribution in [-0.2, 0) is 0 Å². The van der Waals surface area contributed by atoms with Crippen molar-refractivity contribution in [1.82, 2.24) is 4.90 Å². The molecule has 1 fully saturated rings. The Morgan fingerprint density at radius 1 is 1.09 bits per heavy atom.